The molecule has 2 aromatic rings. The van der Waals surface area contributed by atoms with Gasteiger partial charge in [0.05, 0.1) is 16.5 Å². The van der Waals surface area contributed by atoms with Crippen molar-refractivity contribution >= 4 is 22.4 Å². The number of H-pyrrole nitrogens is 2. The predicted octanol–water partition coefficient (Wildman–Crippen LogP) is 0.140. The van der Waals surface area contributed by atoms with Crippen molar-refractivity contribution < 1.29 is 4.79 Å². The number of rotatable bonds is 4. The van der Waals surface area contributed by atoms with Gasteiger partial charge >= 0.3 is 0 Å². The van der Waals surface area contributed by atoms with Gasteiger partial charge < -0.3 is 11.1 Å². The van der Waals surface area contributed by atoms with E-state index < -0.39 is 11.1 Å². The van der Waals surface area contributed by atoms with Gasteiger partial charge in [0.2, 0.25) is 5.91 Å². The summed E-state index contributed by atoms with van der Waals surface area (Å²) in [5.41, 5.74) is 4.87. The lowest BCUT2D eigenvalue weighted by Crippen LogP contribution is -2.25. The van der Waals surface area contributed by atoms with Gasteiger partial charge in [-0.25, -0.2) is 0 Å². The summed E-state index contributed by atoms with van der Waals surface area (Å²) in [5, 5.41) is 7.57. The topological polar surface area (TPSA) is 121 Å². The number of nitrogens with two attached hydrogens (primary N) is 1. The number of nitrogens with one attached hydrogen (secondary N) is 3. The maximum absolute atomic E-state index is 12.0. The molecule has 0 fully saturated rings. The number of amides is 1. The molecule has 1 heterocycles. The second-order valence-corrected chi connectivity index (χ2v) is 4.60. The highest BCUT2D eigenvalue weighted by Crippen LogP contribution is 2.18. The Balaban J connectivity index is 2.46. The van der Waals surface area contributed by atoms with Crippen LogP contribution in [0.15, 0.2) is 27.8 Å². The zero-order chi connectivity index (χ0) is 14.7. The van der Waals surface area contributed by atoms with Crippen molar-refractivity contribution in [1.29, 1.82) is 0 Å². The summed E-state index contributed by atoms with van der Waals surface area (Å²) in [6, 6.07) is 4.73. The number of carbonyl (C=O) groups is 1. The molecule has 2 rings (SSSR count). The van der Waals surface area contributed by atoms with E-state index in [1.54, 1.807) is 19.1 Å². The monoisotopic (exact) mass is 276 g/mol. The molecule has 7 nitrogen and oxygen atoms in total. The van der Waals surface area contributed by atoms with E-state index in [2.05, 4.69) is 15.5 Å². The fourth-order valence-electron chi connectivity index (χ4n) is 1.97. The highest BCUT2D eigenvalue weighted by molar-refractivity contribution is 6.02. The van der Waals surface area contributed by atoms with Gasteiger partial charge in [-0.05, 0) is 25.1 Å². The van der Waals surface area contributed by atoms with Crippen LogP contribution in [0.3, 0.4) is 0 Å². The fraction of sp³-hybridized carbons (Fsp3) is 0.308. The third-order valence-corrected chi connectivity index (χ3v) is 3.13. The Morgan fingerprint density at radius 1 is 1.30 bits per heavy atom. The molecule has 0 aliphatic carbocycles. The van der Waals surface area contributed by atoms with E-state index in [9.17, 15) is 14.4 Å². The third kappa shape index (κ3) is 2.62. The van der Waals surface area contributed by atoms with Gasteiger partial charge in [0, 0.05) is 5.92 Å². The summed E-state index contributed by atoms with van der Waals surface area (Å²) in [5.74, 6) is -0.501. The molecule has 1 aromatic heterocycles. The van der Waals surface area contributed by atoms with Crippen molar-refractivity contribution in [2.24, 2.45) is 11.7 Å². The van der Waals surface area contributed by atoms with Crippen molar-refractivity contribution in [1.82, 2.24) is 10.2 Å². The lowest BCUT2D eigenvalue weighted by molar-refractivity contribution is -0.119. The number of benzene rings is 1. The molecular weight excluding hydrogens is 260 g/mol. The van der Waals surface area contributed by atoms with Crippen LogP contribution in [-0.2, 0) is 4.79 Å². The molecule has 0 saturated carbocycles. The lowest BCUT2D eigenvalue weighted by Gasteiger charge is -2.12. The summed E-state index contributed by atoms with van der Waals surface area (Å²) in [6.07, 6.45) is 0.549. The van der Waals surface area contributed by atoms with Gasteiger partial charge in [0.1, 0.15) is 0 Å². The van der Waals surface area contributed by atoms with E-state index in [1.165, 1.54) is 6.07 Å². The number of aromatic amines is 2. The Labute approximate surface area is 114 Å². The molecule has 0 saturated heterocycles. The van der Waals surface area contributed by atoms with E-state index in [0.29, 0.717) is 18.7 Å². The Morgan fingerprint density at radius 2 is 2.00 bits per heavy atom. The molecule has 7 heteroatoms. The minimum Gasteiger partial charge on any atom is -0.330 e. The Kier molecular flexibility index (Phi) is 3.99. The molecule has 0 spiro atoms. The van der Waals surface area contributed by atoms with Gasteiger partial charge in [-0.3, -0.25) is 24.6 Å². The van der Waals surface area contributed by atoms with Crippen LogP contribution in [0.5, 0.6) is 0 Å². The van der Waals surface area contributed by atoms with Crippen LogP contribution in [0, 0.1) is 5.92 Å². The molecule has 0 radical (unpaired) electrons. The van der Waals surface area contributed by atoms with Crippen molar-refractivity contribution in [3.8, 4) is 0 Å². The largest absolute Gasteiger partial charge is 0.330 e. The summed E-state index contributed by atoms with van der Waals surface area (Å²) < 4.78 is 0. The standard InChI is InChI=1S/C13H16N4O3/c1-7(5-6-14)11(18)15-9-4-2-3-8-10(9)13(20)17-16-12(8)19/h2-4,7H,5-6,14H2,1H3,(H,15,18)(H,16,19)(H,17,20). The Hall–Kier alpha value is -2.41. The first-order valence-corrected chi connectivity index (χ1v) is 6.29. The summed E-state index contributed by atoms with van der Waals surface area (Å²) >= 11 is 0. The summed E-state index contributed by atoms with van der Waals surface area (Å²) in [7, 11) is 0. The predicted molar refractivity (Wildman–Crippen MR) is 76.7 cm³/mol. The molecular formula is C13H16N4O3. The molecule has 1 atom stereocenters. The van der Waals surface area contributed by atoms with Crippen LogP contribution < -0.4 is 22.2 Å². The van der Waals surface area contributed by atoms with Crippen LogP contribution >= 0.6 is 0 Å². The van der Waals surface area contributed by atoms with Crippen molar-refractivity contribution in [3.05, 3.63) is 38.9 Å². The molecule has 0 aliphatic heterocycles. The second kappa shape index (κ2) is 5.70. The Morgan fingerprint density at radius 3 is 2.70 bits per heavy atom. The van der Waals surface area contributed by atoms with Gasteiger partial charge in [-0.2, -0.15) is 0 Å². The maximum Gasteiger partial charge on any atom is 0.272 e. The van der Waals surface area contributed by atoms with Gasteiger partial charge in [0.15, 0.2) is 0 Å². The summed E-state index contributed by atoms with van der Waals surface area (Å²) in [6.45, 7) is 2.16. The number of hydrogen-bond acceptors (Lipinski definition) is 4. The molecule has 1 unspecified atom stereocenters. The highest BCUT2D eigenvalue weighted by atomic mass is 16.2. The van der Waals surface area contributed by atoms with E-state index in [1.807, 2.05) is 0 Å². The Bertz CT molecular complexity index is 747. The zero-order valence-corrected chi connectivity index (χ0v) is 11.0. The van der Waals surface area contributed by atoms with Crippen LogP contribution in [-0.4, -0.2) is 22.6 Å². The van der Waals surface area contributed by atoms with Crippen LogP contribution in [0.1, 0.15) is 13.3 Å². The minimum absolute atomic E-state index is 0.171. The maximum atomic E-state index is 12.0. The molecule has 106 valence electrons. The van der Waals surface area contributed by atoms with Gasteiger partial charge in [0.25, 0.3) is 11.1 Å². The van der Waals surface area contributed by atoms with E-state index in [0.717, 1.165) is 0 Å². The molecule has 0 bridgehead atoms. The third-order valence-electron chi connectivity index (χ3n) is 3.13. The van der Waals surface area contributed by atoms with E-state index >= 15 is 0 Å². The zero-order valence-electron chi connectivity index (χ0n) is 11.0. The molecule has 20 heavy (non-hydrogen) atoms. The van der Waals surface area contributed by atoms with Crippen LogP contribution in [0.2, 0.25) is 0 Å². The average molecular weight is 276 g/mol. The van der Waals surface area contributed by atoms with Crippen LogP contribution in [0.4, 0.5) is 5.69 Å². The summed E-state index contributed by atoms with van der Waals surface area (Å²) in [4.78, 5) is 35.5. The van der Waals surface area contributed by atoms with E-state index in [-0.39, 0.29) is 22.6 Å². The minimum atomic E-state index is -0.457. The first-order valence-electron chi connectivity index (χ1n) is 6.29. The van der Waals surface area contributed by atoms with Gasteiger partial charge in [-0.15, -0.1) is 0 Å². The number of anilines is 1. The fourth-order valence-corrected chi connectivity index (χ4v) is 1.97. The van der Waals surface area contributed by atoms with Crippen molar-refractivity contribution in [2.45, 2.75) is 13.3 Å². The number of fused-ring (bicyclic) bond motifs is 1. The lowest BCUT2D eigenvalue weighted by atomic mass is 10.1. The quantitative estimate of drug-likeness (QED) is 0.634. The molecule has 0 aliphatic rings. The second-order valence-electron chi connectivity index (χ2n) is 4.60. The SMILES string of the molecule is CC(CCN)C(=O)Nc1cccc2c(=O)[nH][nH]c(=O)c12. The number of hydrogen-bond donors (Lipinski definition) is 4. The number of carbonyl (C=O) groups excluding carboxylic acids is 1. The average Bonchev–Trinajstić information content (AvgIpc) is 2.43. The molecule has 1 aromatic carbocycles. The molecule has 5 N–H and O–H groups in total. The van der Waals surface area contributed by atoms with Crippen molar-refractivity contribution in [2.75, 3.05) is 11.9 Å². The first kappa shape index (κ1) is 14.0. The highest BCUT2D eigenvalue weighted by Gasteiger charge is 2.15. The number of aromatic nitrogens is 2. The van der Waals surface area contributed by atoms with Crippen LogP contribution in [0.25, 0.3) is 10.8 Å². The first-order chi connectivity index (χ1) is 9.54. The molecule has 1 amide bonds. The van der Waals surface area contributed by atoms with E-state index in [4.69, 9.17) is 5.73 Å². The van der Waals surface area contributed by atoms with Gasteiger partial charge in [-0.1, -0.05) is 13.0 Å². The smallest absolute Gasteiger partial charge is 0.272 e. The van der Waals surface area contributed by atoms with Crippen molar-refractivity contribution in [3.63, 3.8) is 0 Å². The normalized spacial score (nSPS) is 12.3.